The quantitative estimate of drug-likeness (QED) is 0.572. The minimum absolute atomic E-state index is 0.532. The monoisotopic (exact) mass is 147 g/mol. The topological polar surface area (TPSA) is 56.5 Å². The summed E-state index contributed by atoms with van der Waals surface area (Å²) < 4.78 is 1.57. The van der Waals surface area contributed by atoms with Crippen LogP contribution in [0.15, 0.2) is 31.1 Å². The lowest BCUT2D eigenvalue weighted by Gasteiger charge is -1.94. The average Bonchev–Trinajstić information content (AvgIpc) is 2.58. The first-order chi connectivity index (χ1) is 5.47. The molecular formula is C6H5N5. The van der Waals surface area contributed by atoms with Gasteiger partial charge in [-0.25, -0.2) is 9.67 Å². The Labute approximate surface area is 62.8 Å². The Morgan fingerprint density at radius 1 is 1.18 bits per heavy atom. The number of aromatic nitrogens is 5. The summed E-state index contributed by atoms with van der Waals surface area (Å²) >= 11 is 0. The summed E-state index contributed by atoms with van der Waals surface area (Å²) in [6, 6.07) is 1.81. The van der Waals surface area contributed by atoms with E-state index in [0.717, 1.165) is 0 Å². The molecule has 0 aliphatic carbocycles. The van der Waals surface area contributed by atoms with Crippen molar-refractivity contribution in [3.05, 3.63) is 31.1 Å². The third-order valence-electron chi connectivity index (χ3n) is 1.19. The van der Waals surface area contributed by atoms with Gasteiger partial charge in [-0.15, -0.1) is 0 Å². The first-order valence-electron chi connectivity index (χ1n) is 3.09. The van der Waals surface area contributed by atoms with Crippen molar-refractivity contribution in [3.8, 4) is 5.95 Å². The smallest absolute Gasteiger partial charge is 0.225 e. The Kier molecular flexibility index (Phi) is 1.33. The van der Waals surface area contributed by atoms with Gasteiger partial charge in [0.15, 0.2) is 0 Å². The van der Waals surface area contributed by atoms with Crippen molar-refractivity contribution < 1.29 is 0 Å². The molecule has 2 heterocycles. The molecule has 2 aromatic heterocycles. The second-order valence-electron chi connectivity index (χ2n) is 1.89. The molecule has 0 spiro atoms. The normalized spacial score (nSPS) is 9.82. The lowest BCUT2D eigenvalue weighted by molar-refractivity contribution is 0.794. The lowest BCUT2D eigenvalue weighted by atomic mass is 10.7. The van der Waals surface area contributed by atoms with Gasteiger partial charge in [-0.1, -0.05) is 0 Å². The van der Waals surface area contributed by atoms with E-state index in [1.54, 1.807) is 17.1 Å². The average molecular weight is 147 g/mol. The zero-order chi connectivity index (χ0) is 7.52. The van der Waals surface area contributed by atoms with Crippen LogP contribution in [0.3, 0.4) is 0 Å². The zero-order valence-corrected chi connectivity index (χ0v) is 5.62. The third kappa shape index (κ3) is 1.07. The minimum atomic E-state index is 0.532. The molecule has 5 nitrogen and oxygen atoms in total. The van der Waals surface area contributed by atoms with Gasteiger partial charge < -0.3 is 0 Å². The molecule has 0 bridgehead atoms. The van der Waals surface area contributed by atoms with Crippen LogP contribution in [-0.4, -0.2) is 24.7 Å². The van der Waals surface area contributed by atoms with Crippen molar-refractivity contribution in [2.75, 3.05) is 0 Å². The molecule has 0 atom stereocenters. The van der Waals surface area contributed by atoms with Gasteiger partial charge in [0.25, 0.3) is 5.95 Å². The van der Waals surface area contributed by atoms with E-state index >= 15 is 0 Å². The fourth-order valence-electron chi connectivity index (χ4n) is 0.739. The lowest BCUT2D eigenvalue weighted by Crippen LogP contribution is -2.00. The summed E-state index contributed by atoms with van der Waals surface area (Å²) in [6.07, 6.45) is 6.31. The molecule has 0 amide bonds. The summed E-state index contributed by atoms with van der Waals surface area (Å²) in [5.74, 6) is 0.532. The van der Waals surface area contributed by atoms with Crippen molar-refractivity contribution in [2.45, 2.75) is 0 Å². The predicted molar refractivity (Wildman–Crippen MR) is 36.9 cm³/mol. The van der Waals surface area contributed by atoms with Crippen molar-refractivity contribution in [1.82, 2.24) is 24.7 Å². The van der Waals surface area contributed by atoms with Crippen LogP contribution in [0.25, 0.3) is 5.95 Å². The molecule has 0 saturated carbocycles. The molecular weight excluding hydrogens is 142 g/mol. The van der Waals surface area contributed by atoms with Crippen LogP contribution in [0.4, 0.5) is 0 Å². The summed E-state index contributed by atoms with van der Waals surface area (Å²) in [5, 5.41) is 3.95. The summed E-state index contributed by atoms with van der Waals surface area (Å²) in [5.41, 5.74) is 0. The fourth-order valence-corrected chi connectivity index (χ4v) is 0.739. The Hall–Kier alpha value is -1.78. The van der Waals surface area contributed by atoms with Crippen LogP contribution in [0.2, 0.25) is 0 Å². The van der Waals surface area contributed by atoms with Gasteiger partial charge in [0, 0.05) is 12.4 Å². The second kappa shape index (κ2) is 2.45. The van der Waals surface area contributed by atoms with E-state index in [1.807, 2.05) is 6.07 Å². The maximum absolute atomic E-state index is 3.95. The van der Waals surface area contributed by atoms with Gasteiger partial charge >= 0.3 is 0 Å². The maximum Gasteiger partial charge on any atom is 0.253 e. The van der Waals surface area contributed by atoms with Gasteiger partial charge in [0.1, 0.15) is 12.7 Å². The highest BCUT2D eigenvalue weighted by atomic mass is 15.3. The Morgan fingerprint density at radius 3 is 2.64 bits per heavy atom. The summed E-state index contributed by atoms with van der Waals surface area (Å²) in [7, 11) is 0. The maximum atomic E-state index is 3.95. The van der Waals surface area contributed by atoms with Crippen LogP contribution < -0.4 is 0 Å². The van der Waals surface area contributed by atoms with Crippen LogP contribution >= 0.6 is 0 Å². The molecule has 0 aliphatic heterocycles. The molecule has 5 heteroatoms. The zero-order valence-electron chi connectivity index (χ0n) is 5.62. The van der Waals surface area contributed by atoms with Gasteiger partial charge in [-0.2, -0.15) is 15.1 Å². The van der Waals surface area contributed by atoms with Crippen LogP contribution in [-0.2, 0) is 0 Å². The van der Waals surface area contributed by atoms with E-state index in [-0.39, 0.29) is 0 Å². The minimum Gasteiger partial charge on any atom is -0.225 e. The number of hydrogen-bond acceptors (Lipinski definition) is 4. The molecule has 54 valence electrons. The molecule has 0 aliphatic rings. The predicted octanol–water partition coefficient (Wildman–Crippen LogP) is 0.0573. The standard InChI is InChI=1S/C6H5N5/c1-2-10-11(3-1)6-8-4-7-5-9-6/h1-5H. The van der Waals surface area contributed by atoms with Crippen LogP contribution in [0.1, 0.15) is 0 Å². The molecule has 0 unspecified atom stereocenters. The molecule has 11 heavy (non-hydrogen) atoms. The first-order valence-corrected chi connectivity index (χ1v) is 3.09. The second-order valence-corrected chi connectivity index (χ2v) is 1.89. The number of rotatable bonds is 1. The highest BCUT2D eigenvalue weighted by molar-refractivity contribution is 5.04. The van der Waals surface area contributed by atoms with Gasteiger partial charge in [0.2, 0.25) is 0 Å². The van der Waals surface area contributed by atoms with E-state index in [2.05, 4.69) is 20.1 Å². The number of nitrogens with zero attached hydrogens (tertiary/aromatic N) is 5. The largest absolute Gasteiger partial charge is 0.253 e. The van der Waals surface area contributed by atoms with Gasteiger partial charge in [0.05, 0.1) is 0 Å². The van der Waals surface area contributed by atoms with E-state index in [0.29, 0.717) is 5.95 Å². The molecule has 2 aromatic rings. The highest BCUT2D eigenvalue weighted by Gasteiger charge is 1.94. The molecule has 0 N–H and O–H groups in total. The van der Waals surface area contributed by atoms with Crippen LogP contribution in [0.5, 0.6) is 0 Å². The molecule has 0 aromatic carbocycles. The van der Waals surface area contributed by atoms with E-state index in [1.165, 1.54) is 12.7 Å². The molecule has 2 rings (SSSR count). The summed E-state index contributed by atoms with van der Waals surface area (Å²) in [4.78, 5) is 11.5. The molecule has 0 saturated heterocycles. The third-order valence-corrected chi connectivity index (χ3v) is 1.19. The van der Waals surface area contributed by atoms with Gasteiger partial charge in [-0.3, -0.25) is 0 Å². The fraction of sp³-hybridized carbons (Fsp3) is 0. The van der Waals surface area contributed by atoms with Crippen molar-refractivity contribution in [2.24, 2.45) is 0 Å². The molecule has 0 radical (unpaired) electrons. The van der Waals surface area contributed by atoms with Crippen molar-refractivity contribution in [3.63, 3.8) is 0 Å². The molecule has 0 fully saturated rings. The van der Waals surface area contributed by atoms with Gasteiger partial charge in [-0.05, 0) is 6.07 Å². The number of hydrogen-bond donors (Lipinski definition) is 0. The van der Waals surface area contributed by atoms with Crippen molar-refractivity contribution in [1.29, 1.82) is 0 Å². The summed E-state index contributed by atoms with van der Waals surface area (Å²) in [6.45, 7) is 0. The van der Waals surface area contributed by atoms with Crippen LogP contribution in [0, 0.1) is 0 Å². The Balaban J connectivity index is 2.46. The SMILES string of the molecule is c1cnn(-c2ncncn2)c1. The Morgan fingerprint density at radius 2 is 2.00 bits per heavy atom. The first kappa shape index (κ1) is 5.96. The van der Waals surface area contributed by atoms with E-state index in [4.69, 9.17) is 0 Å². The van der Waals surface area contributed by atoms with Crippen molar-refractivity contribution >= 4 is 0 Å². The Bertz CT molecular complexity index is 314. The van der Waals surface area contributed by atoms with E-state index in [9.17, 15) is 0 Å². The van der Waals surface area contributed by atoms with E-state index < -0.39 is 0 Å². The highest BCUT2D eigenvalue weighted by Crippen LogP contribution is 1.92.